The van der Waals surface area contributed by atoms with Crippen LogP contribution >= 0.6 is 0 Å². The van der Waals surface area contributed by atoms with Gasteiger partial charge in [0.2, 0.25) is 5.95 Å². The monoisotopic (exact) mass is 406 g/mol. The molecule has 0 saturated heterocycles. The van der Waals surface area contributed by atoms with Crippen LogP contribution in [0.15, 0.2) is 48.5 Å². The first kappa shape index (κ1) is 19.6. The molecule has 7 nitrogen and oxygen atoms in total. The summed E-state index contributed by atoms with van der Waals surface area (Å²) in [5.74, 6) is 0.720. The largest absolute Gasteiger partial charge is 0.497 e. The quantitative estimate of drug-likeness (QED) is 0.501. The lowest BCUT2D eigenvalue weighted by Gasteiger charge is -2.11. The number of aromatic nitrogens is 4. The molecule has 2 aromatic carbocycles. The van der Waals surface area contributed by atoms with Crippen LogP contribution in [0.5, 0.6) is 5.75 Å². The molecule has 0 saturated carbocycles. The van der Waals surface area contributed by atoms with Gasteiger partial charge in [-0.1, -0.05) is 30.3 Å². The van der Waals surface area contributed by atoms with E-state index in [0.717, 1.165) is 5.56 Å². The summed E-state index contributed by atoms with van der Waals surface area (Å²) in [4.78, 5) is 9.08. The number of nitrogens with zero attached hydrogens (tertiary/aromatic N) is 4. The van der Waals surface area contributed by atoms with E-state index >= 15 is 0 Å². The molecule has 0 aliphatic heterocycles. The second kappa shape index (κ2) is 7.98. The number of nitrogens with two attached hydrogens (primary N) is 1. The van der Waals surface area contributed by atoms with Crippen LogP contribution in [0.25, 0.3) is 22.3 Å². The summed E-state index contributed by atoms with van der Waals surface area (Å²) in [6.07, 6.45) is 0. The molecule has 3 N–H and O–H groups in total. The van der Waals surface area contributed by atoms with Crippen LogP contribution in [0, 0.1) is 5.82 Å². The third-order valence-corrected chi connectivity index (χ3v) is 4.66. The van der Waals surface area contributed by atoms with Crippen molar-refractivity contribution in [1.82, 2.24) is 19.7 Å². The first-order valence-electron chi connectivity index (χ1n) is 9.64. The third kappa shape index (κ3) is 3.76. The molecule has 4 aromatic rings. The zero-order valence-electron chi connectivity index (χ0n) is 17.1. The van der Waals surface area contributed by atoms with Gasteiger partial charge in [0.25, 0.3) is 0 Å². The van der Waals surface area contributed by atoms with Crippen molar-refractivity contribution in [1.29, 1.82) is 0 Å². The van der Waals surface area contributed by atoms with E-state index in [0.29, 0.717) is 46.4 Å². The van der Waals surface area contributed by atoms with Gasteiger partial charge in [-0.2, -0.15) is 4.98 Å². The van der Waals surface area contributed by atoms with Crippen LogP contribution < -0.4 is 15.8 Å². The molecule has 0 fully saturated rings. The maximum Gasteiger partial charge on any atom is 0.225 e. The van der Waals surface area contributed by atoms with Gasteiger partial charge in [-0.25, -0.2) is 14.1 Å². The van der Waals surface area contributed by atoms with Gasteiger partial charge in [0.15, 0.2) is 5.65 Å². The van der Waals surface area contributed by atoms with Crippen LogP contribution in [0.3, 0.4) is 0 Å². The van der Waals surface area contributed by atoms with Crippen molar-refractivity contribution in [2.45, 2.75) is 26.4 Å². The summed E-state index contributed by atoms with van der Waals surface area (Å²) in [6.45, 7) is 4.42. The summed E-state index contributed by atoms with van der Waals surface area (Å²) >= 11 is 0. The van der Waals surface area contributed by atoms with Crippen LogP contribution in [0.2, 0.25) is 0 Å². The van der Waals surface area contributed by atoms with E-state index in [9.17, 15) is 4.39 Å². The third-order valence-electron chi connectivity index (χ3n) is 4.66. The Balaban J connectivity index is 1.90. The zero-order valence-corrected chi connectivity index (χ0v) is 17.1. The number of nitrogen functional groups attached to an aromatic ring is 1. The molecule has 2 heterocycles. The lowest BCUT2D eigenvalue weighted by atomic mass is 10.1. The van der Waals surface area contributed by atoms with Crippen molar-refractivity contribution in [2.75, 3.05) is 18.2 Å². The highest BCUT2D eigenvalue weighted by molar-refractivity contribution is 5.99. The minimum Gasteiger partial charge on any atom is -0.497 e. The minimum atomic E-state index is -0.458. The van der Waals surface area contributed by atoms with Gasteiger partial charge in [0.1, 0.15) is 17.4 Å². The number of methoxy groups -OCH3 is 1. The van der Waals surface area contributed by atoms with Crippen molar-refractivity contribution in [3.8, 4) is 17.0 Å². The number of hydrogen-bond acceptors (Lipinski definition) is 6. The molecular weight excluding hydrogens is 383 g/mol. The van der Waals surface area contributed by atoms with Crippen LogP contribution in [-0.2, 0) is 6.54 Å². The summed E-state index contributed by atoms with van der Waals surface area (Å²) in [6, 6.07) is 14.6. The summed E-state index contributed by atoms with van der Waals surface area (Å²) < 4.78 is 21.7. The Bertz CT molecular complexity index is 1190. The zero-order chi connectivity index (χ0) is 21.3. The fourth-order valence-electron chi connectivity index (χ4n) is 3.26. The Kier molecular flexibility index (Phi) is 5.22. The van der Waals surface area contributed by atoms with Gasteiger partial charge >= 0.3 is 0 Å². The smallest absolute Gasteiger partial charge is 0.225 e. The highest BCUT2D eigenvalue weighted by Crippen LogP contribution is 2.34. The molecule has 4 rings (SSSR count). The number of anilines is 2. The maximum atomic E-state index is 14.9. The SMILES string of the molecule is COc1ccc(-c2nc(NC(C)C)nc3nn(Cc4ccccc4)c(N)c23)c(F)c1. The normalized spacial score (nSPS) is 11.2. The molecule has 30 heavy (non-hydrogen) atoms. The first-order chi connectivity index (χ1) is 14.5. The van der Waals surface area contributed by atoms with Crippen molar-refractivity contribution in [3.05, 3.63) is 59.9 Å². The van der Waals surface area contributed by atoms with E-state index in [2.05, 4.69) is 20.4 Å². The number of halogens is 1. The van der Waals surface area contributed by atoms with Crippen LogP contribution in [0.1, 0.15) is 19.4 Å². The van der Waals surface area contributed by atoms with Crippen molar-refractivity contribution < 1.29 is 9.13 Å². The molecule has 0 aliphatic carbocycles. The minimum absolute atomic E-state index is 0.0970. The van der Waals surface area contributed by atoms with E-state index in [4.69, 9.17) is 10.5 Å². The number of hydrogen-bond donors (Lipinski definition) is 2. The Hall–Kier alpha value is -3.68. The topological polar surface area (TPSA) is 90.9 Å². The number of fused-ring (bicyclic) bond motifs is 1. The number of rotatable bonds is 6. The van der Waals surface area contributed by atoms with Gasteiger partial charge in [-0.05, 0) is 31.5 Å². The van der Waals surface area contributed by atoms with Crippen molar-refractivity contribution >= 4 is 22.8 Å². The van der Waals surface area contributed by atoms with Gasteiger partial charge in [-0.15, -0.1) is 5.10 Å². The van der Waals surface area contributed by atoms with E-state index in [1.54, 1.807) is 16.8 Å². The number of nitrogens with one attached hydrogen (secondary N) is 1. The molecule has 0 unspecified atom stereocenters. The molecule has 154 valence electrons. The molecule has 2 aromatic heterocycles. The highest BCUT2D eigenvalue weighted by atomic mass is 19.1. The van der Waals surface area contributed by atoms with E-state index in [1.165, 1.54) is 13.2 Å². The summed E-state index contributed by atoms with van der Waals surface area (Å²) in [7, 11) is 1.49. The summed E-state index contributed by atoms with van der Waals surface area (Å²) in [5, 5.41) is 8.26. The lowest BCUT2D eigenvalue weighted by molar-refractivity contribution is 0.411. The predicted octanol–water partition coefficient (Wildman–Crippen LogP) is 4.09. The fourth-order valence-corrected chi connectivity index (χ4v) is 3.26. The molecule has 0 amide bonds. The Labute approximate surface area is 173 Å². The molecule has 0 bridgehead atoms. The fraction of sp³-hybridized carbons (Fsp3) is 0.227. The van der Waals surface area contributed by atoms with E-state index < -0.39 is 5.82 Å². The molecule has 0 aliphatic rings. The number of benzene rings is 2. The van der Waals surface area contributed by atoms with E-state index in [-0.39, 0.29) is 6.04 Å². The second-order valence-corrected chi connectivity index (χ2v) is 7.27. The van der Waals surface area contributed by atoms with Gasteiger partial charge < -0.3 is 15.8 Å². The van der Waals surface area contributed by atoms with Crippen molar-refractivity contribution in [2.24, 2.45) is 0 Å². The maximum absolute atomic E-state index is 14.9. The average Bonchev–Trinajstić information content (AvgIpc) is 3.03. The Morgan fingerprint density at radius 2 is 1.90 bits per heavy atom. The molecule has 0 spiro atoms. The Morgan fingerprint density at radius 1 is 1.13 bits per heavy atom. The molecule has 0 atom stereocenters. The predicted molar refractivity (Wildman–Crippen MR) is 116 cm³/mol. The standard InChI is InChI=1S/C22H23FN6O/c1-13(2)25-22-26-19(16-10-9-15(30-3)11-17(16)23)18-20(24)29(28-21(18)27-22)12-14-7-5-4-6-8-14/h4-11,13H,12,24H2,1-3H3,(H,25,27,28). The molecule has 0 radical (unpaired) electrons. The number of ether oxygens (including phenoxy) is 1. The van der Waals surface area contributed by atoms with Gasteiger partial charge in [0.05, 0.1) is 24.7 Å². The average molecular weight is 406 g/mol. The lowest BCUT2D eigenvalue weighted by Crippen LogP contribution is -2.13. The first-order valence-corrected chi connectivity index (χ1v) is 9.64. The van der Waals surface area contributed by atoms with E-state index in [1.807, 2.05) is 44.2 Å². The Morgan fingerprint density at radius 3 is 2.57 bits per heavy atom. The van der Waals surface area contributed by atoms with Crippen LogP contribution in [-0.4, -0.2) is 32.9 Å². The van der Waals surface area contributed by atoms with Crippen LogP contribution in [0.4, 0.5) is 16.2 Å². The summed E-state index contributed by atoms with van der Waals surface area (Å²) in [5.41, 5.74) is 8.58. The molecular formula is C22H23FN6O. The van der Waals surface area contributed by atoms with Crippen molar-refractivity contribution in [3.63, 3.8) is 0 Å². The second-order valence-electron chi connectivity index (χ2n) is 7.27. The molecule has 8 heteroatoms. The van der Waals surface area contributed by atoms with Gasteiger partial charge in [0, 0.05) is 17.7 Å². The highest BCUT2D eigenvalue weighted by Gasteiger charge is 2.21. The van der Waals surface area contributed by atoms with Gasteiger partial charge in [-0.3, -0.25) is 0 Å².